The molecule has 2 aliphatic rings. The molecule has 2 aromatic carbocycles. The highest BCUT2D eigenvalue weighted by molar-refractivity contribution is 5.99. The smallest absolute Gasteiger partial charge is 0.254 e. The Labute approximate surface area is 169 Å². The van der Waals surface area contributed by atoms with Crippen LogP contribution in [0.5, 0.6) is 0 Å². The Morgan fingerprint density at radius 3 is 1.90 bits per heavy atom. The average molecular weight is 397 g/mol. The summed E-state index contributed by atoms with van der Waals surface area (Å²) in [7, 11) is 0. The van der Waals surface area contributed by atoms with Gasteiger partial charge < -0.3 is 19.4 Å². The number of benzene rings is 2. The molecule has 0 atom stereocenters. The molecule has 2 fully saturated rings. The first-order chi connectivity index (χ1) is 14.1. The summed E-state index contributed by atoms with van der Waals surface area (Å²) in [6.45, 7) is 4.76. The maximum Gasteiger partial charge on any atom is 0.254 e. The van der Waals surface area contributed by atoms with Crippen LogP contribution < -0.4 is 4.90 Å². The van der Waals surface area contributed by atoms with E-state index in [-0.39, 0.29) is 17.6 Å². The van der Waals surface area contributed by atoms with Gasteiger partial charge in [-0.2, -0.15) is 0 Å². The third-order valence-electron chi connectivity index (χ3n) is 5.41. The Morgan fingerprint density at radius 1 is 0.759 bits per heavy atom. The molecule has 0 aliphatic carbocycles. The van der Waals surface area contributed by atoms with Crippen LogP contribution in [-0.2, 0) is 4.74 Å². The Morgan fingerprint density at radius 2 is 1.31 bits per heavy atom. The minimum Gasteiger partial charge on any atom is -0.378 e. The summed E-state index contributed by atoms with van der Waals surface area (Å²) in [5, 5.41) is 0. The number of carbonyl (C=O) groups excluding carboxylic acids is 2. The zero-order chi connectivity index (χ0) is 20.2. The Kier molecular flexibility index (Phi) is 5.76. The van der Waals surface area contributed by atoms with Crippen molar-refractivity contribution in [3.63, 3.8) is 0 Å². The average Bonchev–Trinajstić information content (AvgIpc) is 2.79. The van der Waals surface area contributed by atoms with E-state index in [1.165, 1.54) is 12.1 Å². The maximum absolute atomic E-state index is 13.1. The zero-order valence-electron chi connectivity index (χ0n) is 16.2. The van der Waals surface area contributed by atoms with Gasteiger partial charge in [-0.15, -0.1) is 0 Å². The number of rotatable bonds is 3. The lowest BCUT2D eigenvalue weighted by molar-refractivity contribution is 0.0303. The summed E-state index contributed by atoms with van der Waals surface area (Å²) < 4.78 is 18.4. The molecule has 0 aromatic heterocycles. The lowest BCUT2D eigenvalue weighted by Gasteiger charge is -2.36. The summed E-state index contributed by atoms with van der Waals surface area (Å²) in [6.07, 6.45) is 0. The molecule has 2 amide bonds. The standard InChI is InChI=1S/C22H24FN3O3/c23-19-4-6-20(7-5-19)24-8-10-25(11-9-24)21(27)17-2-1-3-18(16-17)22(28)26-12-14-29-15-13-26/h1-7,16H,8-15H2. The van der Waals surface area contributed by atoms with Crippen LogP contribution in [0.15, 0.2) is 48.5 Å². The normalized spacial score (nSPS) is 17.3. The quantitative estimate of drug-likeness (QED) is 0.797. The number of hydrogen-bond donors (Lipinski definition) is 0. The Bertz CT molecular complexity index is 873. The van der Waals surface area contributed by atoms with Crippen LogP contribution in [-0.4, -0.2) is 74.1 Å². The lowest BCUT2D eigenvalue weighted by atomic mass is 10.1. The van der Waals surface area contributed by atoms with Gasteiger partial charge in [0.2, 0.25) is 0 Å². The molecule has 2 aromatic rings. The van der Waals surface area contributed by atoms with E-state index in [1.807, 2.05) is 0 Å². The number of halogens is 1. The van der Waals surface area contributed by atoms with Crippen molar-refractivity contribution in [2.24, 2.45) is 0 Å². The molecule has 0 unspecified atom stereocenters. The van der Waals surface area contributed by atoms with Gasteiger partial charge in [-0.25, -0.2) is 4.39 Å². The zero-order valence-corrected chi connectivity index (χ0v) is 16.2. The van der Waals surface area contributed by atoms with E-state index in [0.29, 0.717) is 63.6 Å². The van der Waals surface area contributed by atoms with Crippen molar-refractivity contribution in [3.05, 3.63) is 65.5 Å². The van der Waals surface area contributed by atoms with Crippen LogP contribution in [0.1, 0.15) is 20.7 Å². The number of piperazine rings is 1. The molecule has 2 heterocycles. The number of hydrogen-bond acceptors (Lipinski definition) is 4. The van der Waals surface area contributed by atoms with Crippen molar-refractivity contribution < 1.29 is 18.7 Å². The Hall–Kier alpha value is -2.93. The molecule has 6 nitrogen and oxygen atoms in total. The molecular weight excluding hydrogens is 373 g/mol. The second-order valence-electron chi connectivity index (χ2n) is 7.24. The highest BCUT2D eigenvalue weighted by Crippen LogP contribution is 2.18. The van der Waals surface area contributed by atoms with Crippen LogP contribution >= 0.6 is 0 Å². The number of anilines is 1. The predicted molar refractivity (Wildman–Crippen MR) is 108 cm³/mol. The third kappa shape index (κ3) is 4.40. The van der Waals surface area contributed by atoms with Gasteiger partial charge in [0, 0.05) is 56.1 Å². The SMILES string of the molecule is O=C(c1cccc(C(=O)N2CCN(c3ccc(F)cc3)CC2)c1)N1CCOCC1. The molecule has 2 saturated heterocycles. The molecule has 4 rings (SSSR count). The molecule has 7 heteroatoms. The van der Waals surface area contributed by atoms with Crippen molar-refractivity contribution in [3.8, 4) is 0 Å². The van der Waals surface area contributed by atoms with Gasteiger partial charge in [-0.05, 0) is 42.5 Å². The van der Waals surface area contributed by atoms with Crippen molar-refractivity contribution in [1.29, 1.82) is 0 Å². The van der Waals surface area contributed by atoms with Gasteiger partial charge in [0.05, 0.1) is 13.2 Å². The van der Waals surface area contributed by atoms with Crippen molar-refractivity contribution >= 4 is 17.5 Å². The van der Waals surface area contributed by atoms with Crippen LogP contribution in [0.4, 0.5) is 10.1 Å². The van der Waals surface area contributed by atoms with Gasteiger partial charge in [-0.3, -0.25) is 9.59 Å². The van der Waals surface area contributed by atoms with Crippen LogP contribution in [0.2, 0.25) is 0 Å². The molecule has 0 N–H and O–H groups in total. The molecular formula is C22H24FN3O3. The molecule has 0 saturated carbocycles. The summed E-state index contributed by atoms with van der Waals surface area (Å²) in [4.78, 5) is 31.3. The molecule has 0 bridgehead atoms. The maximum atomic E-state index is 13.1. The van der Waals surface area contributed by atoms with Crippen molar-refractivity contribution in [2.45, 2.75) is 0 Å². The predicted octanol–water partition coefficient (Wildman–Crippen LogP) is 2.26. The molecule has 0 radical (unpaired) electrons. The fraction of sp³-hybridized carbons (Fsp3) is 0.364. The van der Waals surface area contributed by atoms with Crippen LogP contribution in [0.3, 0.4) is 0 Å². The van der Waals surface area contributed by atoms with Crippen molar-refractivity contribution in [2.75, 3.05) is 57.4 Å². The van der Waals surface area contributed by atoms with E-state index in [1.54, 1.807) is 46.2 Å². The minimum absolute atomic E-state index is 0.0657. The van der Waals surface area contributed by atoms with Gasteiger partial charge >= 0.3 is 0 Å². The van der Waals surface area contributed by atoms with Gasteiger partial charge in [0.15, 0.2) is 0 Å². The van der Waals surface area contributed by atoms with E-state index >= 15 is 0 Å². The third-order valence-corrected chi connectivity index (χ3v) is 5.41. The largest absolute Gasteiger partial charge is 0.378 e. The van der Waals surface area contributed by atoms with Crippen molar-refractivity contribution in [1.82, 2.24) is 9.80 Å². The van der Waals surface area contributed by atoms with E-state index in [0.717, 1.165) is 5.69 Å². The summed E-state index contributed by atoms with van der Waals surface area (Å²) in [5.74, 6) is -0.390. The topological polar surface area (TPSA) is 53.1 Å². The molecule has 2 aliphatic heterocycles. The van der Waals surface area contributed by atoms with Crippen LogP contribution in [0, 0.1) is 5.82 Å². The summed E-state index contributed by atoms with van der Waals surface area (Å²) >= 11 is 0. The highest BCUT2D eigenvalue weighted by Gasteiger charge is 2.24. The molecule has 0 spiro atoms. The first kappa shape index (κ1) is 19.4. The fourth-order valence-corrected chi connectivity index (χ4v) is 3.74. The highest BCUT2D eigenvalue weighted by atomic mass is 19.1. The van der Waals surface area contributed by atoms with Crippen LogP contribution in [0.25, 0.3) is 0 Å². The van der Waals surface area contributed by atoms with E-state index in [4.69, 9.17) is 4.74 Å². The molecule has 152 valence electrons. The molecule has 29 heavy (non-hydrogen) atoms. The lowest BCUT2D eigenvalue weighted by Crippen LogP contribution is -2.48. The van der Waals surface area contributed by atoms with Gasteiger partial charge in [-0.1, -0.05) is 6.07 Å². The summed E-state index contributed by atoms with van der Waals surface area (Å²) in [6, 6.07) is 13.4. The summed E-state index contributed by atoms with van der Waals surface area (Å²) in [5.41, 5.74) is 2.01. The first-order valence-electron chi connectivity index (χ1n) is 9.89. The van der Waals surface area contributed by atoms with E-state index < -0.39 is 0 Å². The number of amides is 2. The number of nitrogens with zero attached hydrogens (tertiary/aromatic N) is 3. The van der Waals surface area contributed by atoms with Gasteiger partial charge in [0.1, 0.15) is 5.82 Å². The second-order valence-corrected chi connectivity index (χ2v) is 7.24. The Balaban J connectivity index is 1.40. The monoisotopic (exact) mass is 397 g/mol. The van der Waals surface area contributed by atoms with Gasteiger partial charge in [0.25, 0.3) is 11.8 Å². The fourth-order valence-electron chi connectivity index (χ4n) is 3.74. The minimum atomic E-state index is -0.255. The number of carbonyl (C=O) groups is 2. The first-order valence-corrected chi connectivity index (χ1v) is 9.89. The number of morpholine rings is 1. The van der Waals surface area contributed by atoms with E-state index in [9.17, 15) is 14.0 Å². The van der Waals surface area contributed by atoms with E-state index in [2.05, 4.69) is 4.90 Å². The second kappa shape index (κ2) is 8.61. The number of ether oxygens (including phenoxy) is 1.